The highest BCUT2D eigenvalue weighted by molar-refractivity contribution is 5.94. The van der Waals surface area contributed by atoms with Gasteiger partial charge in [-0.3, -0.25) is 14.4 Å². The monoisotopic (exact) mass is 898 g/mol. The molecule has 3 aromatic carbocycles. The van der Waals surface area contributed by atoms with E-state index >= 15 is 4.39 Å². The summed E-state index contributed by atoms with van der Waals surface area (Å²) in [6.07, 6.45) is 1.39. The van der Waals surface area contributed by atoms with E-state index in [1.807, 2.05) is 36.4 Å². The molecule has 0 fully saturated rings. The van der Waals surface area contributed by atoms with Crippen molar-refractivity contribution >= 4 is 34.8 Å². The number of aryl methyl sites for hydroxylation is 1. The summed E-state index contributed by atoms with van der Waals surface area (Å²) >= 11 is 0. The molecule has 2 aromatic heterocycles. The summed E-state index contributed by atoms with van der Waals surface area (Å²) in [5.74, 6) is -2.45. The maximum Gasteiger partial charge on any atom is 0.407 e. The van der Waals surface area contributed by atoms with Crippen molar-refractivity contribution in [1.82, 2.24) is 25.5 Å². The lowest BCUT2D eigenvalue weighted by Gasteiger charge is -2.31. The molecule has 3 atom stereocenters. The number of unbranched alkanes of at least 4 members (excludes halogenated alkanes) is 1. The molecule has 4 aliphatic rings. The highest BCUT2D eigenvalue weighted by Crippen LogP contribution is 2.47. The van der Waals surface area contributed by atoms with Gasteiger partial charge in [-0.15, -0.1) is 0 Å². The summed E-state index contributed by atoms with van der Waals surface area (Å²) in [6.45, 7) is 2.77. The number of nitrogens with zero attached hydrogens (tertiary/aromatic N) is 5. The molecule has 340 valence electrons. The topological polar surface area (TPSA) is 236 Å². The number of aromatic nitrogens is 2. The van der Waals surface area contributed by atoms with Crippen molar-refractivity contribution in [3.8, 4) is 22.5 Å². The summed E-state index contributed by atoms with van der Waals surface area (Å²) in [4.78, 5) is 73.3. The van der Waals surface area contributed by atoms with Gasteiger partial charge in [-0.05, 0) is 89.6 Å². The first-order valence-corrected chi connectivity index (χ1v) is 22.0. The van der Waals surface area contributed by atoms with Crippen molar-refractivity contribution in [2.75, 3.05) is 26.5 Å². The zero-order valence-corrected chi connectivity index (χ0v) is 36.3. The first-order valence-electron chi connectivity index (χ1n) is 22.0. The number of carbonyl (C=O) groups excluding carboxylic acids is 4. The van der Waals surface area contributed by atoms with Gasteiger partial charge in [-0.25, -0.2) is 19.0 Å². The predicted octanol–water partition coefficient (Wildman–Crippen LogP) is 6.11. The highest BCUT2D eigenvalue weighted by Gasteiger charge is 2.46. The third-order valence-corrected chi connectivity index (χ3v) is 13.3. The number of amides is 3. The summed E-state index contributed by atoms with van der Waals surface area (Å²) in [7, 11) is 0. The molecular formula is C48H47FN8O9. The van der Waals surface area contributed by atoms with Crippen LogP contribution in [0.15, 0.2) is 70.6 Å². The van der Waals surface area contributed by atoms with Crippen molar-refractivity contribution in [3.05, 3.63) is 132 Å². The summed E-state index contributed by atoms with van der Waals surface area (Å²) in [6, 6.07) is 17.4. The van der Waals surface area contributed by atoms with Crippen LogP contribution in [0.5, 0.6) is 0 Å². The van der Waals surface area contributed by atoms with E-state index in [0.29, 0.717) is 64.7 Å². The zero-order valence-electron chi connectivity index (χ0n) is 36.3. The molecule has 0 saturated heterocycles. The minimum absolute atomic E-state index is 0.0277. The Bertz CT molecular complexity index is 2900. The zero-order chi connectivity index (χ0) is 46.3. The number of halogens is 1. The van der Waals surface area contributed by atoms with E-state index < -0.39 is 59.5 Å². The van der Waals surface area contributed by atoms with E-state index in [-0.39, 0.29) is 62.9 Å². The maximum atomic E-state index is 15.3. The second-order valence-corrected chi connectivity index (χ2v) is 17.0. The number of hydrogen-bond acceptors (Lipinski definition) is 11. The molecule has 5 aromatic rings. The summed E-state index contributed by atoms with van der Waals surface area (Å²) < 4.78 is 33.1. The van der Waals surface area contributed by atoms with Crippen LogP contribution in [0.25, 0.3) is 43.9 Å². The lowest BCUT2D eigenvalue weighted by molar-refractivity contribution is -0.172. The van der Waals surface area contributed by atoms with Crippen LogP contribution in [0, 0.1) is 12.7 Å². The third kappa shape index (κ3) is 7.80. The lowest BCUT2D eigenvalue weighted by atomic mass is 9.81. The number of hydrogen-bond donors (Lipinski definition) is 4. The van der Waals surface area contributed by atoms with Crippen LogP contribution < -0.4 is 21.5 Å². The smallest absolute Gasteiger partial charge is 0.407 e. The number of nitrogens with one attached hydrogen (secondary N) is 3. The van der Waals surface area contributed by atoms with E-state index in [4.69, 9.17) is 24.7 Å². The van der Waals surface area contributed by atoms with Gasteiger partial charge in [0.1, 0.15) is 38.4 Å². The Morgan fingerprint density at radius 1 is 1.06 bits per heavy atom. The fourth-order valence-corrected chi connectivity index (χ4v) is 9.92. The van der Waals surface area contributed by atoms with Gasteiger partial charge < -0.3 is 39.8 Å². The molecule has 2 aliphatic heterocycles. The molecule has 4 heterocycles. The molecule has 4 N–H and O–H groups in total. The normalized spacial score (nSPS) is 17.9. The van der Waals surface area contributed by atoms with E-state index in [2.05, 4.69) is 38.1 Å². The average molecular weight is 899 g/mol. The molecule has 0 saturated carbocycles. The predicted molar refractivity (Wildman–Crippen MR) is 237 cm³/mol. The number of pyridine rings is 2. The molecular weight excluding hydrogens is 852 g/mol. The first-order chi connectivity index (χ1) is 31.9. The molecule has 0 spiro atoms. The van der Waals surface area contributed by atoms with Crippen LogP contribution in [0.3, 0.4) is 0 Å². The van der Waals surface area contributed by atoms with Gasteiger partial charge in [-0.2, -0.15) is 0 Å². The van der Waals surface area contributed by atoms with Gasteiger partial charge in [0, 0.05) is 40.0 Å². The van der Waals surface area contributed by atoms with Crippen LogP contribution in [-0.2, 0) is 53.8 Å². The van der Waals surface area contributed by atoms with E-state index in [9.17, 15) is 29.1 Å². The van der Waals surface area contributed by atoms with E-state index in [1.54, 1.807) is 19.9 Å². The van der Waals surface area contributed by atoms with E-state index in [1.165, 1.54) is 10.6 Å². The average Bonchev–Trinajstić information content (AvgIpc) is 3.85. The molecule has 3 amide bonds. The quantitative estimate of drug-likeness (QED) is 0.0231. The molecule has 9 rings (SSSR count). The number of fused-ring (bicyclic) bond motifs is 8. The number of aliphatic hydroxyl groups is 1. The van der Waals surface area contributed by atoms with Gasteiger partial charge in [0.05, 0.1) is 35.1 Å². The SMILES string of the molecule is CC[C@@]1(O)C(=O)OCc2c1cc1n(c2=O)Cc2c-1nc1cc(F)c(C)c3c1c2[C@@H](NC(=O)COCNC(=O)[C@H](CCCCNC(=O)OCC1c2ccccc2-c2ccccc21)N=[N+]=[N-])CC3. The number of azide groups is 1. The summed E-state index contributed by atoms with van der Waals surface area (Å²) in [5.41, 5.74) is 15.1. The Labute approximate surface area is 377 Å². The fourth-order valence-electron chi connectivity index (χ4n) is 9.92. The molecule has 0 unspecified atom stereocenters. The van der Waals surface area contributed by atoms with Gasteiger partial charge in [0.2, 0.25) is 11.8 Å². The summed E-state index contributed by atoms with van der Waals surface area (Å²) in [5, 5.41) is 24.0. The van der Waals surface area contributed by atoms with Gasteiger partial charge in [0.15, 0.2) is 5.60 Å². The molecule has 2 aliphatic carbocycles. The van der Waals surface area contributed by atoms with Crippen molar-refractivity contribution in [1.29, 1.82) is 0 Å². The Balaban J connectivity index is 0.782. The first kappa shape index (κ1) is 44.1. The minimum Gasteiger partial charge on any atom is -0.458 e. The Morgan fingerprint density at radius 2 is 1.80 bits per heavy atom. The van der Waals surface area contributed by atoms with E-state index in [0.717, 1.165) is 27.8 Å². The number of cyclic esters (lactones) is 1. The number of esters is 1. The minimum atomic E-state index is -2.03. The number of carbonyl (C=O) groups is 4. The standard InChI is InChI=1S/C48H47FN8O9/c1-3-48(63)34-18-39-43-31(20-57(39)45(60)33(34)22-65-46(48)61)42-36(16-15-26-25(2)35(49)19-38(54-43)41(26)42)53-40(58)23-64-24-52-44(59)37(55-56-50)14-8-9-17-51-47(62)66-21-32-29-12-6-4-10-27(29)28-11-5-7-13-30(28)32/h4-7,10-13,18-19,32,36-37,63H,3,8-9,14-17,20-24H2,1-2H3,(H,51,62)(H,52,59)(H,53,58)/t36-,37-,48-/m0/s1. The van der Waals surface area contributed by atoms with Crippen molar-refractivity contribution in [2.24, 2.45) is 5.11 Å². The van der Waals surface area contributed by atoms with Crippen molar-refractivity contribution in [3.63, 3.8) is 0 Å². The number of alkyl carbamates (subject to hydrolysis) is 1. The molecule has 0 bridgehead atoms. The van der Waals surface area contributed by atoms with Crippen LogP contribution in [-0.4, -0.2) is 71.1 Å². The maximum absolute atomic E-state index is 15.3. The molecule has 66 heavy (non-hydrogen) atoms. The second-order valence-electron chi connectivity index (χ2n) is 17.0. The largest absolute Gasteiger partial charge is 0.458 e. The highest BCUT2D eigenvalue weighted by atomic mass is 19.1. The molecule has 18 heteroatoms. The van der Waals surface area contributed by atoms with Crippen LogP contribution in [0.4, 0.5) is 9.18 Å². The second kappa shape index (κ2) is 18.0. The third-order valence-electron chi connectivity index (χ3n) is 13.3. The fraction of sp³-hybridized carbons (Fsp3) is 0.375. The van der Waals surface area contributed by atoms with Crippen molar-refractivity contribution < 1.29 is 42.9 Å². The number of benzene rings is 3. The Kier molecular flexibility index (Phi) is 12.0. The molecule has 0 radical (unpaired) electrons. The van der Waals surface area contributed by atoms with Crippen LogP contribution in [0.2, 0.25) is 0 Å². The van der Waals surface area contributed by atoms with Gasteiger partial charge in [0.25, 0.3) is 5.56 Å². The van der Waals surface area contributed by atoms with Crippen LogP contribution >= 0.6 is 0 Å². The van der Waals surface area contributed by atoms with Crippen molar-refractivity contribution in [2.45, 2.75) is 89.1 Å². The molecule has 17 nitrogen and oxygen atoms in total. The number of rotatable bonds is 15. The Hall–Kier alpha value is -7.14. The van der Waals surface area contributed by atoms with Gasteiger partial charge in [-0.1, -0.05) is 67.0 Å². The Morgan fingerprint density at radius 3 is 2.53 bits per heavy atom. The van der Waals surface area contributed by atoms with Crippen LogP contribution in [0.1, 0.15) is 95.5 Å². The lowest BCUT2D eigenvalue weighted by Crippen LogP contribution is -2.44. The van der Waals surface area contributed by atoms with Gasteiger partial charge >= 0.3 is 12.1 Å². The number of ether oxygens (including phenoxy) is 3.